The molecule has 1 aliphatic rings. The van der Waals surface area contributed by atoms with Crippen LogP contribution in [-0.2, 0) is 4.74 Å². The molecule has 0 bridgehead atoms. The van der Waals surface area contributed by atoms with Crippen molar-refractivity contribution < 1.29 is 19.5 Å². The lowest BCUT2D eigenvalue weighted by molar-refractivity contribution is 0.167. The Morgan fingerprint density at radius 2 is 2.05 bits per heavy atom. The molecule has 0 saturated carbocycles. The van der Waals surface area contributed by atoms with Gasteiger partial charge < -0.3 is 19.5 Å². The smallest absolute Gasteiger partial charge is 0.492 e. The molecular formula is C15H17BO4. The first-order valence-electron chi connectivity index (χ1n) is 6.84. The molecule has 0 amide bonds. The molecule has 20 heavy (non-hydrogen) atoms. The van der Waals surface area contributed by atoms with E-state index in [4.69, 9.17) is 9.47 Å². The number of ether oxygens (including phenoxy) is 2. The summed E-state index contributed by atoms with van der Waals surface area (Å²) in [5.41, 5.74) is 0.432. The molecule has 0 radical (unpaired) electrons. The summed E-state index contributed by atoms with van der Waals surface area (Å²) >= 11 is 0. The quantitative estimate of drug-likeness (QED) is 0.813. The molecule has 1 saturated heterocycles. The summed E-state index contributed by atoms with van der Waals surface area (Å²) in [6.45, 7) is 2.03. The summed E-state index contributed by atoms with van der Waals surface area (Å²) in [6, 6.07) is 11.3. The van der Waals surface area contributed by atoms with Gasteiger partial charge in [-0.1, -0.05) is 30.3 Å². The molecule has 0 aromatic heterocycles. The van der Waals surface area contributed by atoms with Crippen molar-refractivity contribution in [2.24, 2.45) is 5.92 Å². The van der Waals surface area contributed by atoms with Crippen molar-refractivity contribution in [2.45, 2.75) is 6.42 Å². The second-order valence-electron chi connectivity index (χ2n) is 5.11. The lowest BCUT2D eigenvalue weighted by Crippen LogP contribution is -2.32. The SMILES string of the molecule is OB(O)c1c(OCC2CCOC2)ccc2ccccc12. The van der Waals surface area contributed by atoms with Crippen molar-refractivity contribution in [3.8, 4) is 5.75 Å². The zero-order chi connectivity index (χ0) is 13.9. The van der Waals surface area contributed by atoms with Crippen molar-refractivity contribution in [1.29, 1.82) is 0 Å². The summed E-state index contributed by atoms with van der Waals surface area (Å²) in [6.07, 6.45) is 0.991. The van der Waals surface area contributed by atoms with Crippen LogP contribution in [0.4, 0.5) is 0 Å². The Morgan fingerprint density at radius 3 is 2.80 bits per heavy atom. The Labute approximate surface area is 118 Å². The van der Waals surface area contributed by atoms with Gasteiger partial charge >= 0.3 is 7.12 Å². The van der Waals surface area contributed by atoms with Crippen molar-refractivity contribution in [3.63, 3.8) is 0 Å². The summed E-state index contributed by atoms with van der Waals surface area (Å²) in [5, 5.41) is 21.1. The van der Waals surface area contributed by atoms with E-state index in [0.717, 1.165) is 23.8 Å². The molecule has 2 N–H and O–H groups in total. The average molecular weight is 272 g/mol. The fraction of sp³-hybridized carbons (Fsp3) is 0.333. The van der Waals surface area contributed by atoms with Crippen LogP contribution in [0, 0.1) is 5.92 Å². The van der Waals surface area contributed by atoms with Crippen molar-refractivity contribution >= 4 is 23.4 Å². The lowest BCUT2D eigenvalue weighted by atomic mass is 9.76. The van der Waals surface area contributed by atoms with E-state index >= 15 is 0 Å². The van der Waals surface area contributed by atoms with Crippen LogP contribution in [0.25, 0.3) is 10.8 Å². The minimum absolute atomic E-state index is 0.380. The Morgan fingerprint density at radius 1 is 1.20 bits per heavy atom. The maximum absolute atomic E-state index is 9.65. The predicted molar refractivity (Wildman–Crippen MR) is 78.2 cm³/mol. The summed E-state index contributed by atoms with van der Waals surface area (Å²) < 4.78 is 11.1. The van der Waals surface area contributed by atoms with E-state index in [2.05, 4.69) is 0 Å². The predicted octanol–water partition coefficient (Wildman–Crippen LogP) is 0.935. The second-order valence-corrected chi connectivity index (χ2v) is 5.11. The minimum atomic E-state index is -1.55. The van der Waals surface area contributed by atoms with Gasteiger partial charge in [-0.05, 0) is 23.3 Å². The van der Waals surface area contributed by atoms with Crippen LogP contribution in [0.3, 0.4) is 0 Å². The van der Waals surface area contributed by atoms with Crippen LogP contribution in [0.5, 0.6) is 5.75 Å². The Bertz CT molecular complexity index is 593. The number of hydrogen-bond donors (Lipinski definition) is 2. The zero-order valence-corrected chi connectivity index (χ0v) is 11.2. The lowest BCUT2D eigenvalue weighted by Gasteiger charge is -2.15. The third kappa shape index (κ3) is 2.65. The van der Waals surface area contributed by atoms with Crippen molar-refractivity contribution in [3.05, 3.63) is 36.4 Å². The Kier molecular flexibility index (Phi) is 3.92. The van der Waals surface area contributed by atoms with Gasteiger partial charge in [-0.15, -0.1) is 0 Å². The van der Waals surface area contributed by atoms with Gasteiger partial charge in [0.05, 0.1) is 13.2 Å². The molecule has 5 heteroatoms. The number of rotatable bonds is 4. The van der Waals surface area contributed by atoms with E-state index in [0.29, 0.717) is 30.3 Å². The fourth-order valence-corrected chi connectivity index (χ4v) is 2.59. The average Bonchev–Trinajstić information content (AvgIpc) is 2.97. The van der Waals surface area contributed by atoms with Gasteiger partial charge in [0.2, 0.25) is 0 Å². The number of fused-ring (bicyclic) bond motifs is 1. The molecule has 3 rings (SSSR count). The zero-order valence-electron chi connectivity index (χ0n) is 11.2. The Hall–Kier alpha value is -1.56. The van der Waals surface area contributed by atoms with Gasteiger partial charge in [0.25, 0.3) is 0 Å². The van der Waals surface area contributed by atoms with Crippen LogP contribution in [0.15, 0.2) is 36.4 Å². The monoisotopic (exact) mass is 272 g/mol. The molecule has 0 aliphatic carbocycles. The molecule has 1 atom stereocenters. The van der Waals surface area contributed by atoms with E-state index in [9.17, 15) is 10.0 Å². The van der Waals surface area contributed by atoms with E-state index in [-0.39, 0.29) is 0 Å². The molecule has 1 aliphatic heterocycles. The maximum Gasteiger partial charge on any atom is 0.492 e. The first-order chi connectivity index (χ1) is 9.75. The maximum atomic E-state index is 9.65. The largest absolute Gasteiger partial charge is 0.494 e. The number of benzene rings is 2. The van der Waals surface area contributed by atoms with Gasteiger partial charge in [0.1, 0.15) is 5.75 Å². The summed E-state index contributed by atoms with van der Waals surface area (Å²) in [4.78, 5) is 0. The van der Waals surface area contributed by atoms with Crippen LogP contribution < -0.4 is 10.2 Å². The third-order valence-electron chi connectivity index (χ3n) is 3.69. The van der Waals surface area contributed by atoms with Gasteiger partial charge in [-0.3, -0.25) is 0 Å². The molecule has 1 unspecified atom stereocenters. The fourth-order valence-electron chi connectivity index (χ4n) is 2.59. The van der Waals surface area contributed by atoms with E-state index in [1.165, 1.54) is 0 Å². The molecule has 104 valence electrons. The van der Waals surface area contributed by atoms with E-state index < -0.39 is 7.12 Å². The van der Waals surface area contributed by atoms with Crippen LogP contribution >= 0.6 is 0 Å². The Balaban J connectivity index is 1.90. The van der Waals surface area contributed by atoms with Gasteiger partial charge in [-0.25, -0.2) is 0 Å². The van der Waals surface area contributed by atoms with Crippen LogP contribution in [-0.4, -0.2) is 37.0 Å². The highest BCUT2D eigenvalue weighted by Gasteiger charge is 2.22. The highest BCUT2D eigenvalue weighted by molar-refractivity contribution is 6.63. The highest BCUT2D eigenvalue weighted by Crippen LogP contribution is 2.21. The molecule has 4 nitrogen and oxygen atoms in total. The van der Waals surface area contributed by atoms with E-state index in [1.807, 2.05) is 30.3 Å². The molecule has 1 heterocycles. The number of hydrogen-bond acceptors (Lipinski definition) is 4. The molecular weight excluding hydrogens is 255 g/mol. The summed E-state index contributed by atoms with van der Waals surface area (Å²) in [5.74, 6) is 0.913. The van der Waals surface area contributed by atoms with Gasteiger partial charge in [-0.2, -0.15) is 0 Å². The molecule has 2 aromatic carbocycles. The third-order valence-corrected chi connectivity index (χ3v) is 3.69. The first kappa shape index (κ1) is 13.4. The standard InChI is InChI=1S/C15H17BO4/c17-16(18)15-13-4-2-1-3-12(13)5-6-14(15)20-10-11-7-8-19-9-11/h1-6,11,17-18H,7-10H2. The normalized spacial score (nSPS) is 18.4. The topological polar surface area (TPSA) is 58.9 Å². The van der Waals surface area contributed by atoms with Crippen LogP contribution in [0.1, 0.15) is 6.42 Å². The van der Waals surface area contributed by atoms with Gasteiger partial charge in [0.15, 0.2) is 0 Å². The minimum Gasteiger partial charge on any atom is -0.494 e. The summed E-state index contributed by atoms with van der Waals surface area (Å²) in [7, 11) is -1.55. The molecule has 1 fully saturated rings. The van der Waals surface area contributed by atoms with Crippen molar-refractivity contribution in [1.82, 2.24) is 0 Å². The second kappa shape index (κ2) is 5.83. The van der Waals surface area contributed by atoms with Gasteiger partial charge in [0, 0.05) is 18.0 Å². The highest BCUT2D eigenvalue weighted by atomic mass is 16.5. The van der Waals surface area contributed by atoms with Crippen molar-refractivity contribution in [2.75, 3.05) is 19.8 Å². The van der Waals surface area contributed by atoms with E-state index in [1.54, 1.807) is 6.07 Å². The molecule has 0 spiro atoms. The van der Waals surface area contributed by atoms with Crippen LogP contribution in [0.2, 0.25) is 0 Å². The molecule has 2 aromatic rings. The first-order valence-corrected chi connectivity index (χ1v) is 6.84.